The van der Waals surface area contributed by atoms with Crippen LogP contribution in [-0.2, 0) is 0 Å². The number of halogens is 2. The fraction of sp³-hybridized carbons (Fsp3) is 0.400. The molecule has 0 radical (unpaired) electrons. The molecule has 0 aliphatic rings. The minimum Gasteiger partial charge on any atom is -0.391 e. The van der Waals surface area contributed by atoms with Crippen LogP contribution in [0.5, 0.6) is 0 Å². The van der Waals surface area contributed by atoms with E-state index in [1.807, 2.05) is 6.92 Å². The second kappa shape index (κ2) is 6.18. The molecule has 1 unspecified atom stereocenters. The van der Waals surface area contributed by atoms with Crippen LogP contribution in [0.4, 0.5) is 0 Å². The predicted molar refractivity (Wildman–Crippen MR) is 65.6 cm³/mol. The molecule has 4 nitrogen and oxygen atoms in total. The highest BCUT2D eigenvalue weighted by Crippen LogP contribution is 2.17. The summed E-state index contributed by atoms with van der Waals surface area (Å²) in [6.45, 7) is 2.04. The molecule has 0 aliphatic heterocycles. The van der Waals surface area contributed by atoms with Gasteiger partial charge in [-0.1, -0.05) is 18.5 Å². The first-order valence-electron chi connectivity index (χ1n) is 4.82. The van der Waals surface area contributed by atoms with E-state index in [4.69, 9.17) is 11.6 Å². The van der Waals surface area contributed by atoms with Crippen molar-refractivity contribution in [2.75, 3.05) is 6.54 Å². The van der Waals surface area contributed by atoms with Crippen molar-refractivity contribution < 1.29 is 9.90 Å². The third-order valence-corrected chi connectivity index (χ3v) is 2.75. The van der Waals surface area contributed by atoms with Crippen molar-refractivity contribution in [1.29, 1.82) is 0 Å². The van der Waals surface area contributed by atoms with Gasteiger partial charge in [0.1, 0.15) is 5.15 Å². The van der Waals surface area contributed by atoms with E-state index in [2.05, 4.69) is 26.2 Å². The number of aromatic nitrogens is 1. The first-order chi connectivity index (χ1) is 7.54. The number of carbonyl (C=O) groups is 1. The first-order valence-corrected chi connectivity index (χ1v) is 5.99. The molecule has 88 valence electrons. The molecule has 0 bridgehead atoms. The van der Waals surface area contributed by atoms with Gasteiger partial charge in [-0.05, 0) is 28.4 Å². The molecule has 0 saturated heterocycles. The molecule has 1 aromatic heterocycles. The van der Waals surface area contributed by atoms with E-state index < -0.39 is 6.10 Å². The average molecular weight is 308 g/mol. The maximum Gasteiger partial charge on any atom is 0.254 e. The Kier molecular flexibility index (Phi) is 5.18. The summed E-state index contributed by atoms with van der Waals surface area (Å²) in [4.78, 5) is 15.5. The van der Waals surface area contributed by atoms with Gasteiger partial charge in [0.25, 0.3) is 5.91 Å². The van der Waals surface area contributed by atoms with Gasteiger partial charge in [0.15, 0.2) is 0 Å². The lowest BCUT2D eigenvalue weighted by Gasteiger charge is -2.10. The lowest BCUT2D eigenvalue weighted by atomic mass is 10.2. The van der Waals surface area contributed by atoms with E-state index in [1.54, 1.807) is 6.07 Å². The Morgan fingerprint density at radius 2 is 2.44 bits per heavy atom. The van der Waals surface area contributed by atoms with E-state index in [-0.39, 0.29) is 17.6 Å². The van der Waals surface area contributed by atoms with Crippen molar-refractivity contribution in [1.82, 2.24) is 10.3 Å². The Bertz CT molecular complexity index is 387. The lowest BCUT2D eigenvalue weighted by molar-refractivity contribution is 0.0913. The Balaban J connectivity index is 2.69. The number of aliphatic hydroxyl groups excluding tert-OH is 1. The van der Waals surface area contributed by atoms with Gasteiger partial charge in [0, 0.05) is 17.2 Å². The molecule has 1 amide bonds. The molecule has 1 aromatic rings. The normalized spacial score (nSPS) is 12.2. The topological polar surface area (TPSA) is 62.2 Å². The molecule has 0 saturated carbocycles. The number of nitrogens with zero attached hydrogens (tertiary/aromatic N) is 1. The number of aliphatic hydroxyl groups is 1. The van der Waals surface area contributed by atoms with Gasteiger partial charge in [-0.3, -0.25) is 4.79 Å². The number of nitrogens with one attached hydrogen (secondary N) is 1. The van der Waals surface area contributed by atoms with Crippen LogP contribution in [0.15, 0.2) is 16.7 Å². The summed E-state index contributed by atoms with van der Waals surface area (Å²) in [5.41, 5.74) is 0.291. The van der Waals surface area contributed by atoms with Crippen LogP contribution in [0.1, 0.15) is 23.7 Å². The van der Waals surface area contributed by atoms with E-state index in [0.717, 1.165) is 0 Å². The molecule has 0 spiro atoms. The molecule has 0 aliphatic carbocycles. The molecule has 0 fully saturated rings. The molecule has 0 aromatic carbocycles. The van der Waals surface area contributed by atoms with Crippen LogP contribution in [0.3, 0.4) is 0 Å². The quantitative estimate of drug-likeness (QED) is 0.836. The van der Waals surface area contributed by atoms with Crippen LogP contribution in [-0.4, -0.2) is 28.6 Å². The predicted octanol–water partition coefficient (Wildman–Crippen LogP) is 2.00. The number of rotatable bonds is 4. The summed E-state index contributed by atoms with van der Waals surface area (Å²) in [6.07, 6.45) is 1.56. The van der Waals surface area contributed by atoms with Crippen LogP contribution in [0.25, 0.3) is 0 Å². The fourth-order valence-electron chi connectivity index (χ4n) is 1.03. The number of pyridine rings is 1. The monoisotopic (exact) mass is 306 g/mol. The summed E-state index contributed by atoms with van der Waals surface area (Å²) < 4.78 is 0.679. The van der Waals surface area contributed by atoms with Gasteiger partial charge in [0.2, 0.25) is 0 Å². The van der Waals surface area contributed by atoms with Crippen molar-refractivity contribution in [2.24, 2.45) is 0 Å². The van der Waals surface area contributed by atoms with Crippen molar-refractivity contribution in [3.8, 4) is 0 Å². The molecule has 16 heavy (non-hydrogen) atoms. The van der Waals surface area contributed by atoms with Crippen LogP contribution >= 0.6 is 27.5 Å². The highest BCUT2D eigenvalue weighted by molar-refractivity contribution is 9.10. The second-order valence-corrected chi connectivity index (χ2v) is 4.54. The third kappa shape index (κ3) is 3.73. The summed E-state index contributed by atoms with van der Waals surface area (Å²) in [5, 5.41) is 12.0. The van der Waals surface area contributed by atoms with Gasteiger partial charge in [-0.2, -0.15) is 0 Å². The van der Waals surface area contributed by atoms with E-state index in [9.17, 15) is 9.90 Å². The summed E-state index contributed by atoms with van der Waals surface area (Å²) in [6, 6.07) is 1.59. The Morgan fingerprint density at radius 3 is 3.06 bits per heavy atom. The van der Waals surface area contributed by atoms with Crippen LogP contribution in [0, 0.1) is 0 Å². The Hall–Kier alpha value is -0.650. The van der Waals surface area contributed by atoms with Gasteiger partial charge < -0.3 is 10.4 Å². The summed E-state index contributed by atoms with van der Waals surface area (Å²) in [7, 11) is 0. The minimum absolute atomic E-state index is 0.145. The Morgan fingerprint density at radius 1 is 1.75 bits per heavy atom. The summed E-state index contributed by atoms with van der Waals surface area (Å²) in [5.74, 6) is -0.341. The van der Waals surface area contributed by atoms with Gasteiger partial charge in [-0.25, -0.2) is 4.98 Å². The zero-order valence-corrected chi connectivity index (χ0v) is 11.0. The maximum atomic E-state index is 11.7. The highest BCUT2D eigenvalue weighted by atomic mass is 79.9. The maximum absolute atomic E-state index is 11.7. The lowest BCUT2D eigenvalue weighted by Crippen LogP contribution is -2.32. The second-order valence-electron chi connectivity index (χ2n) is 3.26. The van der Waals surface area contributed by atoms with Crippen molar-refractivity contribution in [3.05, 3.63) is 27.5 Å². The molecule has 1 heterocycles. The smallest absolute Gasteiger partial charge is 0.254 e. The first kappa shape index (κ1) is 13.4. The zero-order valence-electron chi connectivity index (χ0n) is 8.70. The molecule has 1 atom stereocenters. The Labute approximate surface area is 107 Å². The van der Waals surface area contributed by atoms with Crippen molar-refractivity contribution in [3.63, 3.8) is 0 Å². The summed E-state index contributed by atoms with van der Waals surface area (Å²) >= 11 is 8.99. The molecule has 1 rings (SSSR count). The highest BCUT2D eigenvalue weighted by Gasteiger charge is 2.12. The van der Waals surface area contributed by atoms with Gasteiger partial charge in [0.05, 0.1) is 11.7 Å². The molecular weight excluding hydrogens is 295 g/mol. The van der Waals surface area contributed by atoms with Crippen molar-refractivity contribution in [2.45, 2.75) is 19.4 Å². The standard InChI is InChI=1S/C10H12BrClN2O2/c1-2-7(15)5-14-10(16)8-3-6(11)4-13-9(8)12/h3-4,7,15H,2,5H2,1H3,(H,14,16). The van der Waals surface area contributed by atoms with Crippen LogP contribution in [0.2, 0.25) is 5.15 Å². The zero-order chi connectivity index (χ0) is 12.1. The number of amides is 1. The van der Waals surface area contributed by atoms with E-state index >= 15 is 0 Å². The van der Waals surface area contributed by atoms with E-state index in [1.165, 1.54) is 6.20 Å². The number of hydrogen-bond donors (Lipinski definition) is 2. The molecule has 6 heteroatoms. The van der Waals surface area contributed by atoms with Crippen LogP contribution < -0.4 is 5.32 Å². The van der Waals surface area contributed by atoms with Gasteiger partial charge in [-0.15, -0.1) is 0 Å². The fourth-order valence-corrected chi connectivity index (χ4v) is 1.55. The number of hydrogen-bond acceptors (Lipinski definition) is 3. The molecular formula is C10H12BrClN2O2. The van der Waals surface area contributed by atoms with E-state index in [0.29, 0.717) is 16.5 Å². The number of carbonyl (C=O) groups excluding carboxylic acids is 1. The minimum atomic E-state index is -0.539. The SMILES string of the molecule is CCC(O)CNC(=O)c1cc(Br)cnc1Cl. The third-order valence-electron chi connectivity index (χ3n) is 2.02. The van der Waals surface area contributed by atoms with Crippen molar-refractivity contribution >= 4 is 33.4 Å². The largest absolute Gasteiger partial charge is 0.391 e. The average Bonchev–Trinajstić information content (AvgIpc) is 2.28. The van der Waals surface area contributed by atoms with Gasteiger partial charge >= 0.3 is 0 Å². The molecule has 2 N–H and O–H groups in total.